The first-order chi connectivity index (χ1) is 9.81. The minimum atomic E-state index is 0.750. The number of benzene rings is 1. The molecule has 1 aliphatic rings. The summed E-state index contributed by atoms with van der Waals surface area (Å²) in [4.78, 5) is 0. The van der Waals surface area contributed by atoms with Gasteiger partial charge in [-0.1, -0.05) is 83.1 Å². The van der Waals surface area contributed by atoms with Crippen LogP contribution in [0.3, 0.4) is 0 Å². The second kappa shape index (κ2) is 8.63. The lowest BCUT2D eigenvalue weighted by molar-refractivity contribution is 0.535. The predicted octanol–water partition coefficient (Wildman–Crippen LogP) is 6.39. The summed E-state index contributed by atoms with van der Waals surface area (Å²) in [6, 6.07) is 8.81. The first-order valence-corrected chi connectivity index (χ1v) is 9.23. The summed E-state index contributed by atoms with van der Waals surface area (Å²) in [5.74, 6) is 0.750. The maximum Gasteiger partial charge on any atom is -0.00768 e. The van der Waals surface area contributed by atoms with Gasteiger partial charge in [-0.3, -0.25) is 0 Å². The first kappa shape index (κ1) is 15.8. The number of rotatable bonds is 9. The van der Waals surface area contributed by atoms with E-state index in [1.54, 1.807) is 5.31 Å². The Balaban J connectivity index is 1.63. The molecule has 1 heteroatoms. The number of fused-ring (bicyclic) bond motifs is 1. The molecule has 1 aromatic rings. The van der Waals surface area contributed by atoms with Crippen molar-refractivity contribution < 1.29 is 0 Å². The number of hydrogen-bond donors (Lipinski definition) is 0. The van der Waals surface area contributed by atoms with Gasteiger partial charge in [-0.15, -0.1) is 0 Å². The molecule has 0 amide bonds. The average Bonchev–Trinajstić information content (AvgIpc) is 2.90. The maximum absolute atomic E-state index is 2.42. The lowest BCUT2D eigenvalue weighted by atomic mass is 10.00. The van der Waals surface area contributed by atoms with E-state index >= 15 is 0 Å². The smallest absolute Gasteiger partial charge is 0.00768 e. The molecule has 1 aliphatic heterocycles. The molecule has 2 rings (SSSR count). The summed E-state index contributed by atoms with van der Waals surface area (Å²) in [6.45, 7) is 4.69. The van der Waals surface area contributed by atoms with E-state index in [0.29, 0.717) is 0 Å². The van der Waals surface area contributed by atoms with Crippen molar-refractivity contribution in [2.24, 2.45) is 5.92 Å². The second-order valence-corrected chi connectivity index (χ2v) is 7.27. The number of allylic oxidation sites excluding steroid dienone is 1. The summed E-state index contributed by atoms with van der Waals surface area (Å²) in [5.41, 5.74) is 1.44. The monoisotopic (exact) mass is 287 g/mol. The van der Waals surface area contributed by atoms with Crippen LogP contribution in [-0.4, -0.2) is 0 Å². The highest BCUT2D eigenvalue weighted by atomic mass is 31.1. The van der Waals surface area contributed by atoms with E-state index in [2.05, 4.69) is 44.2 Å². The molecule has 0 aromatic heterocycles. The van der Waals surface area contributed by atoms with Crippen LogP contribution in [0.15, 0.2) is 29.6 Å². The van der Waals surface area contributed by atoms with Gasteiger partial charge in [0.1, 0.15) is 0 Å². The van der Waals surface area contributed by atoms with E-state index in [9.17, 15) is 0 Å². The molecule has 1 aromatic carbocycles. The molecule has 0 bridgehead atoms. The predicted molar refractivity (Wildman–Crippen MR) is 92.7 cm³/mol. The van der Waals surface area contributed by atoms with Gasteiger partial charge < -0.3 is 0 Å². The molecule has 20 heavy (non-hydrogen) atoms. The van der Waals surface area contributed by atoms with Crippen molar-refractivity contribution in [2.75, 3.05) is 0 Å². The van der Waals surface area contributed by atoms with Crippen molar-refractivity contribution in [1.82, 2.24) is 0 Å². The molecular formula is C19H28P. The van der Waals surface area contributed by atoms with Crippen molar-refractivity contribution in [3.63, 3.8) is 0 Å². The Bertz CT molecular complexity index is 433. The van der Waals surface area contributed by atoms with Crippen LogP contribution in [0.2, 0.25) is 0 Å². The summed E-state index contributed by atoms with van der Waals surface area (Å²) in [6.07, 6.45) is 13.7. The van der Waals surface area contributed by atoms with Gasteiger partial charge in [0.25, 0.3) is 0 Å². The summed E-state index contributed by atoms with van der Waals surface area (Å²) in [5, 5.41) is 3.12. The molecule has 0 saturated heterocycles. The van der Waals surface area contributed by atoms with Gasteiger partial charge in [0.2, 0.25) is 0 Å². The van der Waals surface area contributed by atoms with Gasteiger partial charge >= 0.3 is 0 Å². The van der Waals surface area contributed by atoms with Crippen LogP contribution in [0.1, 0.15) is 70.8 Å². The number of hydrogen-bond acceptors (Lipinski definition) is 0. The van der Waals surface area contributed by atoms with Crippen LogP contribution in [0.25, 0.3) is 6.08 Å². The zero-order valence-corrected chi connectivity index (χ0v) is 14.0. The van der Waals surface area contributed by atoms with Crippen LogP contribution in [0.5, 0.6) is 0 Å². The Morgan fingerprint density at radius 1 is 0.950 bits per heavy atom. The van der Waals surface area contributed by atoms with Crippen molar-refractivity contribution in [1.29, 1.82) is 0 Å². The molecule has 0 spiro atoms. The van der Waals surface area contributed by atoms with E-state index in [-0.39, 0.29) is 0 Å². The van der Waals surface area contributed by atoms with Crippen molar-refractivity contribution in [2.45, 2.75) is 65.2 Å². The van der Waals surface area contributed by atoms with E-state index in [1.165, 1.54) is 70.8 Å². The molecule has 1 heterocycles. The van der Waals surface area contributed by atoms with Crippen molar-refractivity contribution >= 4 is 20.0 Å². The Kier molecular flexibility index (Phi) is 6.80. The lowest BCUT2D eigenvalue weighted by Crippen LogP contribution is -1.96. The lowest BCUT2D eigenvalue weighted by Gasteiger charge is -2.12. The third kappa shape index (κ3) is 4.74. The summed E-state index contributed by atoms with van der Waals surface area (Å²) < 4.78 is 0. The Hall–Kier alpha value is -0.610. The fourth-order valence-corrected chi connectivity index (χ4v) is 4.11. The van der Waals surface area contributed by atoms with Crippen molar-refractivity contribution in [3.8, 4) is 0 Å². The molecule has 1 unspecified atom stereocenters. The van der Waals surface area contributed by atoms with Gasteiger partial charge in [-0.25, -0.2) is 0 Å². The minimum absolute atomic E-state index is 0.750. The minimum Gasteiger partial charge on any atom is -0.0654 e. The van der Waals surface area contributed by atoms with Crippen molar-refractivity contribution in [3.05, 3.63) is 35.1 Å². The van der Waals surface area contributed by atoms with Crippen LogP contribution in [0, 0.1) is 5.92 Å². The standard InChI is InChI=1S/C19H28P/c1-3-4-5-6-7-8-9-12-16(2)19-15-17-13-10-11-14-18(17)20-19/h10-11,13-16H,3-9,12H2,1-2H3. The van der Waals surface area contributed by atoms with E-state index in [0.717, 1.165) is 5.92 Å². The molecule has 109 valence electrons. The highest BCUT2D eigenvalue weighted by Gasteiger charge is 2.17. The van der Waals surface area contributed by atoms with Gasteiger partial charge in [0.15, 0.2) is 0 Å². The van der Waals surface area contributed by atoms with Gasteiger partial charge in [-0.05, 0) is 43.2 Å². The van der Waals surface area contributed by atoms with Gasteiger partial charge in [-0.2, -0.15) is 0 Å². The average molecular weight is 287 g/mol. The Labute approximate surface area is 126 Å². The third-order valence-electron chi connectivity index (χ3n) is 4.24. The largest absolute Gasteiger partial charge is 0.0654 e. The van der Waals surface area contributed by atoms with Crippen LogP contribution < -0.4 is 5.30 Å². The molecule has 0 N–H and O–H groups in total. The maximum atomic E-state index is 2.42. The molecule has 0 saturated carbocycles. The van der Waals surface area contributed by atoms with Gasteiger partial charge in [0, 0.05) is 0 Å². The fourth-order valence-electron chi connectivity index (χ4n) is 2.85. The topological polar surface area (TPSA) is 0 Å². The highest BCUT2D eigenvalue weighted by molar-refractivity contribution is 7.53. The van der Waals surface area contributed by atoms with Crippen LogP contribution in [0.4, 0.5) is 0 Å². The van der Waals surface area contributed by atoms with E-state index in [4.69, 9.17) is 0 Å². The second-order valence-electron chi connectivity index (χ2n) is 6.05. The zero-order chi connectivity index (χ0) is 14.2. The first-order valence-electron chi connectivity index (χ1n) is 8.33. The summed E-state index contributed by atoms with van der Waals surface area (Å²) in [7, 11) is 1.45. The highest BCUT2D eigenvalue weighted by Crippen LogP contribution is 2.39. The van der Waals surface area contributed by atoms with Crippen LogP contribution in [-0.2, 0) is 0 Å². The molecule has 1 radical (unpaired) electrons. The van der Waals surface area contributed by atoms with Gasteiger partial charge in [0.05, 0.1) is 0 Å². The normalized spacial score (nSPS) is 16.2. The van der Waals surface area contributed by atoms with Crippen LogP contribution >= 0.6 is 8.58 Å². The third-order valence-corrected chi connectivity index (χ3v) is 5.71. The van der Waals surface area contributed by atoms with E-state index in [1.807, 2.05) is 0 Å². The SMILES string of the molecule is CCCCCCCCCC(C)C1=Cc2ccccc2[P]1. The summed E-state index contributed by atoms with van der Waals surface area (Å²) >= 11 is 0. The quantitative estimate of drug-likeness (QED) is 0.364. The van der Waals surface area contributed by atoms with E-state index < -0.39 is 0 Å². The molecule has 1 atom stereocenters. The molecular weight excluding hydrogens is 259 g/mol. The Morgan fingerprint density at radius 2 is 1.65 bits per heavy atom. The molecule has 0 nitrogen and oxygen atoms in total. The zero-order valence-electron chi connectivity index (χ0n) is 13.1. The molecule has 0 fully saturated rings. The molecule has 0 aliphatic carbocycles. The fraction of sp³-hybridized carbons (Fsp3) is 0.579. The Morgan fingerprint density at radius 3 is 2.40 bits per heavy atom. The number of unbranched alkanes of at least 4 members (excludes halogenated alkanes) is 6.